The van der Waals surface area contributed by atoms with E-state index in [0.717, 1.165) is 53.7 Å². The minimum atomic E-state index is -0.929. The summed E-state index contributed by atoms with van der Waals surface area (Å²) in [6.45, 7) is 8.68. The number of nitrogens with zero attached hydrogens (tertiary/aromatic N) is 3. The van der Waals surface area contributed by atoms with E-state index in [1.807, 2.05) is 6.07 Å². The van der Waals surface area contributed by atoms with Crippen molar-refractivity contribution in [1.82, 2.24) is 9.88 Å². The number of hydrogen-bond acceptors (Lipinski definition) is 5. The third-order valence-electron chi connectivity index (χ3n) is 6.68. The minimum absolute atomic E-state index is 0.0321. The van der Waals surface area contributed by atoms with E-state index in [4.69, 9.17) is 14.5 Å². The van der Waals surface area contributed by atoms with Gasteiger partial charge in [0, 0.05) is 36.0 Å². The summed E-state index contributed by atoms with van der Waals surface area (Å²) in [6, 6.07) is 3.13. The van der Waals surface area contributed by atoms with Gasteiger partial charge in [-0.25, -0.2) is 8.78 Å². The van der Waals surface area contributed by atoms with E-state index in [-0.39, 0.29) is 35.9 Å². The third kappa shape index (κ3) is 4.40. The Balaban J connectivity index is 1.63. The molecule has 4 rings (SSSR count). The molecule has 1 fully saturated rings. The summed E-state index contributed by atoms with van der Waals surface area (Å²) in [5.41, 5.74) is 2.26. The molecule has 6 nitrogen and oxygen atoms in total. The van der Waals surface area contributed by atoms with Gasteiger partial charge in [0.25, 0.3) is 0 Å². The van der Waals surface area contributed by atoms with Gasteiger partial charge in [-0.1, -0.05) is 0 Å². The Morgan fingerprint density at radius 3 is 2.33 bits per heavy atom. The second-order valence-electron chi connectivity index (χ2n) is 9.75. The summed E-state index contributed by atoms with van der Waals surface area (Å²) >= 11 is 0. The standard InChI is InChI=1S/C25H31F2N3O3/c1-25(2,3)29-8-6-7-15(13-29)18-9-16-10-21(31)30(14-17(16)12-28-18)24-22(26)19(32-4)11-20(33-5)23(24)27/h9,11-12,15H,6-8,10,13-14H2,1-5H3. The molecule has 1 saturated heterocycles. The molecule has 0 N–H and O–H groups in total. The fourth-order valence-electron chi connectivity index (χ4n) is 4.73. The van der Waals surface area contributed by atoms with Crippen LogP contribution in [0, 0.1) is 11.6 Å². The smallest absolute Gasteiger partial charge is 0.231 e. The molecule has 1 amide bonds. The van der Waals surface area contributed by atoms with Crippen LogP contribution in [-0.2, 0) is 17.8 Å². The number of benzene rings is 1. The number of carbonyl (C=O) groups excluding carboxylic acids is 1. The van der Waals surface area contributed by atoms with Crippen molar-refractivity contribution in [2.75, 3.05) is 32.2 Å². The van der Waals surface area contributed by atoms with Gasteiger partial charge in [0.2, 0.25) is 5.91 Å². The van der Waals surface area contributed by atoms with Crippen molar-refractivity contribution in [3.63, 3.8) is 0 Å². The highest BCUT2D eigenvalue weighted by molar-refractivity contribution is 5.97. The molecule has 2 aliphatic rings. The monoisotopic (exact) mass is 459 g/mol. The highest BCUT2D eigenvalue weighted by Gasteiger charge is 2.34. The highest BCUT2D eigenvalue weighted by atomic mass is 19.1. The molecule has 2 aromatic rings. The van der Waals surface area contributed by atoms with Crippen molar-refractivity contribution >= 4 is 11.6 Å². The van der Waals surface area contributed by atoms with Crippen molar-refractivity contribution in [2.24, 2.45) is 0 Å². The fraction of sp³-hybridized carbons (Fsp3) is 0.520. The Morgan fingerprint density at radius 2 is 1.73 bits per heavy atom. The Bertz CT molecular complexity index is 1040. The molecule has 1 atom stereocenters. The quantitative estimate of drug-likeness (QED) is 0.677. The summed E-state index contributed by atoms with van der Waals surface area (Å²) in [5, 5.41) is 0. The molecule has 8 heteroatoms. The molecule has 1 aromatic heterocycles. The number of aromatic nitrogens is 1. The number of anilines is 1. The van der Waals surface area contributed by atoms with Crippen molar-refractivity contribution < 1.29 is 23.0 Å². The molecule has 0 bridgehead atoms. The Morgan fingerprint density at radius 1 is 1.06 bits per heavy atom. The first-order chi connectivity index (χ1) is 15.6. The van der Waals surface area contributed by atoms with E-state index < -0.39 is 17.3 Å². The van der Waals surface area contributed by atoms with E-state index in [9.17, 15) is 13.6 Å². The number of amides is 1. The average Bonchev–Trinajstić information content (AvgIpc) is 2.79. The summed E-state index contributed by atoms with van der Waals surface area (Å²) in [5.74, 6) is -2.31. The van der Waals surface area contributed by atoms with Crippen LogP contribution in [0.4, 0.5) is 14.5 Å². The predicted octanol–water partition coefficient (Wildman–Crippen LogP) is 4.44. The first kappa shape index (κ1) is 23.4. The molecule has 1 aromatic carbocycles. The summed E-state index contributed by atoms with van der Waals surface area (Å²) in [7, 11) is 2.56. The van der Waals surface area contributed by atoms with Crippen LogP contribution in [0.1, 0.15) is 56.4 Å². The van der Waals surface area contributed by atoms with Gasteiger partial charge >= 0.3 is 0 Å². The SMILES string of the molecule is COc1cc(OC)c(F)c(N2Cc3cnc(C4CCCN(C(C)(C)C)C4)cc3CC2=O)c1F. The number of piperidine rings is 1. The number of rotatable bonds is 4. The fourth-order valence-corrected chi connectivity index (χ4v) is 4.73. The van der Waals surface area contributed by atoms with Crippen LogP contribution < -0.4 is 14.4 Å². The second-order valence-corrected chi connectivity index (χ2v) is 9.75. The lowest BCUT2D eigenvalue weighted by atomic mass is 9.89. The van der Waals surface area contributed by atoms with Gasteiger partial charge < -0.3 is 14.4 Å². The number of pyridine rings is 1. The Kier molecular flexibility index (Phi) is 6.31. The van der Waals surface area contributed by atoms with Gasteiger partial charge in [-0.3, -0.25) is 14.7 Å². The molecule has 0 radical (unpaired) electrons. The molecule has 2 aliphatic heterocycles. The molecule has 1 unspecified atom stereocenters. The predicted molar refractivity (Wildman–Crippen MR) is 122 cm³/mol. The van der Waals surface area contributed by atoms with Crippen molar-refractivity contribution in [3.05, 3.63) is 46.8 Å². The lowest BCUT2D eigenvalue weighted by molar-refractivity contribution is -0.118. The van der Waals surface area contributed by atoms with Crippen LogP contribution in [0.15, 0.2) is 18.3 Å². The zero-order valence-corrected chi connectivity index (χ0v) is 19.9. The molecular formula is C25H31F2N3O3. The van der Waals surface area contributed by atoms with Crippen LogP contribution >= 0.6 is 0 Å². The maximum absolute atomic E-state index is 15.0. The van der Waals surface area contributed by atoms with E-state index in [1.165, 1.54) is 14.2 Å². The van der Waals surface area contributed by atoms with Gasteiger partial charge in [0.1, 0.15) is 5.69 Å². The summed E-state index contributed by atoms with van der Waals surface area (Å²) in [4.78, 5) is 21.3. The Hall–Kier alpha value is -2.74. The van der Waals surface area contributed by atoms with Crippen molar-refractivity contribution in [1.29, 1.82) is 0 Å². The van der Waals surface area contributed by atoms with Crippen molar-refractivity contribution in [2.45, 2.75) is 58.0 Å². The molecule has 0 aliphatic carbocycles. The number of fused-ring (bicyclic) bond motifs is 1. The first-order valence-electron chi connectivity index (χ1n) is 11.3. The second kappa shape index (κ2) is 8.89. The minimum Gasteiger partial charge on any atom is -0.493 e. The average molecular weight is 460 g/mol. The summed E-state index contributed by atoms with van der Waals surface area (Å²) < 4.78 is 40.0. The van der Waals surface area contributed by atoms with Crippen LogP contribution in [0.5, 0.6) is 11.5 Å². The molecule has 178 valence electrons. The molecule has 0 saturated carbocycles. The van der Waals surface area contributed by atoms with Crippen molar-refractivity contribution in [3.8, 4) is 11.5 Å². The van der Waals surface area contributed by atoms with Gasteiger partial charge in [-0.05, 0) is 57.4 Å². The van der Waals surface area contributed by atoms with Gasteiger partial charge in [-0.15, -0.1) is 0 Å². The largest absolute Gasteiger partial charge is 0.493 e. The van der Waals surface area contributed by atoms with E-state index in [1.54, 1.807) is 6.20 Å². The zero-order chi connectivity index (χ0) is 23.9. The normalized spacial score (nSPS) is 19.4. The van der Waals surface area contributed by atoms with Crippen LogP contribution in [-0.4, -0.2) is 48.6 Å². The zero-order valence-electron chi connectivity index (χ0n) is 19.9. The van der Waals surface area contributed by atoms with E-state index >= 15 is 0 Å². The molecule has 33 heavy (non-hydrogen) atoms. The van der Waals surface area contributed by atoms with E-state index in [2.05, 4.69) is 25.7 Å². The van der Waals surface area contributed by atoms with Gasteiger partial charge in [-0.2, -0.15) is 0 Å². The number of carbonyl (C=O) groups is 1. The topological polar surface area (TPSA) is 54.9 Å². The number of halogens is 2. The first-order valence-corrected chi connectivity index (χ1v) is 11.3. The number of ether oxygens (including phenoxy) is 2. The number of hydrogen-bond donors (Lipinski definition) is 0. The highest BCUT2D eigenvalue weighted by Crippen LogP contribution is 2.39. The van der Waals surface area contributed by atoms with Gasteiger partial charge in [0.05, 0.1) is 27.2 Å². The molecule has 0 spiro atoms. The maximum Gasteiger partial charge on any atom is 0.231 e. The van der Waals surface area contributed by atoms with Crippen LogP contribution in [0.25, 0.3) is 0 Å². The molecular weight excluding hydrogens is 428 g/mol. The number of likely N-dealkylation sites (tertiary alicyclic amines) is 1. The number of methoxy groups -OCH3 is 2. The summed E-state index contributed by atoms with van der Waals surface area (Å²) in [6.07, 6.45) is 3.95. The third-order valence-corrected chi connectivity index (χ3v) is 6.68. The lowest BCUT2D eigenvalue weighted by Gasteiger charge is -2.41. The van der Waals surface area contributed by atoms with E-state index in [0.29, 0.717) is 5.92 Å². The van der Waals surface area contributed by atoms with Crippen LogP contribution in [0.3, 0.4) is 0 Å². The Labute approximate surface area is 193 Å². The maximum atomic E-state index is 15.0. The lowest BCUT2D eigenvalue weighted by Crippen LogP contribution is -2.46. The van der Waals surface area contributed by atoms with Crippen LogP contribution in [0.2, 0.25) is 0 Å². The van der Waals surface area contributed by atoms with Gasteiger partial charge in [0.15, 0.2) is 23.1 Å². The molecule has 3 heterocycles.